The third-order valence-electron chi connectivity index (χ3n) is 3.78. The molecule has 0 aliphatic heterocycles. The summed E-state index contributed by atoms with van der Waals surface area (Å²) in [7, 11) is 5.29. The zero-order valence-electron chi connectivity index (χ0n) is 11.7. The summed E-state index contributed by atoms with van der Waals surface area (Å²) in [6.07, 6.45) is 6.14. The molecule has 104 valence electrons. The fourth-order valence-electron chi connectivity index (χ4n) is 2.45. The van der Waals surface area contributed by atoms with Crippen molar-refractivity contribution in [1.82, 2.24) is 15.5 Å². The minimum absolute atomic E-state index is 0.0403. The maximum atomic E-state index is 11.9. The molecular formula is C13H25N3O2. The number of carbonyl (C=O) groups excluding carboxylic acids is 2. The SMILES string of the molecule is CNC1(CC(=O)NCC(=O)N(C)C)CCCCC1. The molecule has 1 saturated carbocycles. The first kappa shape index (κ1) is 15.0. The first-order valence-electron chi connectivity index (χ1n) is 6.65. The van der Waals surface area contributed by atoms with Gasteiger partial charge in [-0.15, -0.1) is 0 Å². The van der Waals surface area contributed by atoms with Crippen molar-refractivity contribution >= 4 is 11.8 Å². The smallest absolute Gasteiger partial charge is 0.241 e. The number of carbonyl (C=O) groups is 2. The van der Waals surface area contributed by atoms with E-state index in [4.69, 9.17) is 0 Å². The van der Waals surface area contributed by atoms with Gasteiger partial charge in [0.05, 0.1) is 6.54 Å². The van der Waals surface area contributed by atoms with Crippen LogP contribution in [0.5, 0.6) is 0 Å². The monoisotopic (exact) mass is 255 g/mol. The van der Waals surface area contributed by atoms with Crippen molar-refractivity contribution in [3.05, 3.63) is 0 Å². The molecule has 1 fully saturated rings. The average Bonchev–Trinajstić information content (AvgIpc) is 2.36. The summed E-state index contributed by atoms with van der Waals surface area (Å²) < 4.78 is 0. The van der Waals surface area contributed by atoms with E-state index in [1.54, 1.807) is 14.1 Å². The second kappa shape index (κ2) is 6.73. The lowest BCUT2D eigenvalue weighted by Gasteiger charge is -2.36. The van der Waals surface area contributed by atoms with Crippen LogP contribution in [0.1, 0.15) is 38.5 Å². The van der Waals surface area contributed by atoms with Crippen molar-refractivity contribution in [2.75, 3.05) is 27.7 Å². The molecule has 5 nitrogen and oxygen atoms in total. The van der Waals surface area contributed by atoms with Gasteiger partial charge in [0, 0.05) is 26.1 Å². The van der Waals surface area contributed by atoms with E-state index < -0.39 is 0 Å². The predicted octanol–water partition coefficient (Wildman–Crippen LogP) is 0.503. The normalized spacial score (nSPS) is 18.2. The van der Waals surface area contributed by atoms with Crippen LogP contribution in [0, 0.1) is 0 Å². The van der Waals surface area contributed by atoms with E-state index in [0.29, 0.717) is 6.42 Å². The first-order valence-corrected chi connectivity index (χ1v) is 6.65. The van der Waals surface area contributed by atoms with Crippen LogP contribution >= 0.6 is 0 Å². The summed E-state index contributed by atoms with van der Waals surface area (Å²) in [6, 6.07) is 0. The molecule has 1 aliphatic carbocycles. The highest BCUT2D eigenvalue weighted by atomic mass is 16.2. The fraction of sp³-hybridized carbons (Fsp3) is 0.846. The van der Waals surface area contributed by atoms with E-state index in [1.807, 2.05) is 7.05 Å². The maximum Gasteiger partial charge on any atom is 0.241 e. The molecule has 18 heavy (non-hydrogen) atoms. The van der Waals surface area contributed by atoms with Gasteiger partial charge in [-0.3, -0.25) is 9.59 Å². The number of nitrogens with zero attached hydrogens (tertiary/aromatic N) is 1. The number of amides is 2. The van der Waals surface area contributed by atoms with Gasteiger partial charge >= 0.3 is 0 Å². The first-order chi connectivity index (χ1) is 8.49. The standard InChI is InChI=1S/C13H25N3O2/c1-14-13(7-5-4-6-8-13)9-11(17)15-10-12(18)16(2)3/h14H,4-10H2,1-3H3,(H,15,17). The van der Waals surface area contributed by atoms with Crippen molar-refractivity contribution in [2.45, 2.75) is 44.1 Å². The lowest BCUT2D eigenvalue weighted by atomic mass is 9.79. The quantitative estimate of drug-likeness (QED) is 0.752. The van der Waals surface area contributed by atoms with E-state index in [-0.39, 0.29) is 23.9 Å². The molecule has 0 aromatic rings. The molecule has 0 radical (unpaired) electrons. The van der Waals surface area contributed by atoms with Gasteiger partial charge in [-0.2, -0.15) is 0 Å². The number of rotatable bonds is 5. The lowest BCUT2D eigenvalue weighted by molar-refractivity contribution is -0.131. The summed E-state index contributed by atoms with van der Waals surface area (Å²) in [5, 5.41) is 6.00. The van der Waals surface area contributed by atoms with Gasteiger partial charge in [0.2, 0.25) is 11.8 Å². The Kier molecular flexibility index (Phi) is 5.59. The van der Waals surface area contributed by atoms with Crippen molar-refractivity contribution in [3.63, 3.8) is 0 Å². The highest BCUT2D eigenvalue weighted by molar-refractivity contribution is 5.84. The van der Waals surface area contributed by atoms with Gasteiger partial charge in [-0.05, 0) is 19.9 Å². The molecule has 0 heterocycles. The van der Waals surface area contributed by atoms with Gasteiger partial charge in [0.15, 0.2) is 0 Å². The number of hydrogen-bond donors (Lipinski definition) is 2. The van der Waals surface area contributed by atoms with Crippen LogP contribution in [0.15, 0.2) is 0 Å². The van der Waals surface area contributed by atoms with Crippen LogP contribution in [0.2, 0.25) is 0 Å². The molecule has 2 N–H and O–H groups in total. The minimum Gasteiger partial charge on any atom is -0.347 e. The van der Waals surface area contributed by atoms with E-state index in [9.17, 15) is 9.59 Å². The minimum atomic E-state index is -0.0782. The Morgan fingerprint density at radius 3 is 2.28 bits per heavy atom. The molecule has 0 saturated heterocycles. The largest absolute Gasteiger partial charge is 0.347 e. The molecule has 0 unspecified atom stereocenters. The van der Waals surface area contributed by atoms with Crippen LogP contribution in [-0.4, -0.2) is 49.9 Å². The second-order valence-corrected chi connectivity index (χ2v) is 5.33. The molecule has 0 aromatic heterocycles. The Bertz CT molecular complexity index is 297. The number of nitrogens with one attached hydrogen (secondary N) is 2. The summed E-state index contributed by atoms with van der Waals surface area (Å²) in [5.41, 5.74) is -0.0660. The average molecular weight is 255 g/mol. The van der Waals surface area contributed by atoms with E-state index in [2.05, 4.69) is 10.6 Å². The summed E-state index contributed by atoms with van der Waals surface area (Å²) in [6.45, 7) is 0.0889. The number of hydrogen-bond acceptors (Lipinski definition) is 3. The predicted molar refractivity (Wildman–Crippen MR) is 71.2 cm³/mol. The van der Waals surface area contributed by atoms with Crippen molar-refractivity contribution in [2.24, 2.45) is 0 Å². The van der Waals surface area contributed by atoms with Crippen LogP contribution in [0.3, 0.4) is 0 Å². The second-order valence-electron chi connectivity index (χ2n) is 5.33. The maximum absolute atomic E-state index is 11.9. The molecule has 1 aliphatic rings. The molecule has 0 aromatic carbocycles. The van der Waals surface area contributed by atoms with Crippen molar-refractivity contribution in [1.29, 1.82) is 0 Å². The van der Waals surface area contributed by atoms with E-state index in [1.165, 1.54) is 24.2 Å². The highest BCUT2D eigenvalue weighted by Gasteiger charge is 2.32. The highest BCUT2D eigenvalue weighted by Crippen LogP contribution is 2.30. The Balaban J connectivity index is 2.40. The Hall–Kier alpha value is -1.10. The van der Waals surface area contributed by atoms with Crippen molar-refractivity contribution < 1.29 is 9.59 Å². The molecule has 2 amide bonds. The van der Waals surface area contributed by atoms with Crippen LogP contribution < -0.4 is 10.6 Å². The third-order valence-corrected chi connectivity index (χ3v) is 3.78. The van der Waals surface area contributed by atoms with Crippen molar-refractivity contribution in [3.8, 4) is 0 Å². The molecular weight excluding hydrogens is 230 g/mol. The Morgan fingerprint density at radius 2 is 1.78 bits per heavy atom. The molecule has 5 heteroatoms. The van der Waals surface area contributed by atoms with Gasteiger partial charge in [-0.1, -0.05) is 19.3 Å². The van der Waals surface area contributed by atoms with E-state index >= 15 is 0 Å². The Morgan fingerprint density at radius 1 is 1.17 bits per heavy atom. The molecule has 0 atom stereocenters. The van der Waals surface area contributed by atoms with Gasteiger partial charge < -0.3 is 15.5 Å². The topological polar surface area (TPSA) is 61.4 Å². The van der Waals surface area contributed by atoms with Crippen LogP contribution in [0.25, 0.3) is 0 Å². The zero-order chi connectivity index (χ0) is 13.6. The van der Waals surface area contributed by atoms with E-state index in [0.717, 1.165) is 12.8 Å². The molecule has 0 bridgehead atoms. The van der Waals surface area contributed by atoms with Crippen LogP contribution in [-0.2, 0) is 9.59 Å². The van der Waals surface area contributed by atoms with Crippen LogP contribution in [0.4, 0.5) is 0 Å². The van der Waals surface area contributed by atoms with Gasteiger partial charge in [0.25, 0.3) is 0 Å². The summed E-state index contributed by atoms with van der Waals surface area (Å²) >= 11 is 0. The van der Waals surface area contributed by atoms with Gasteiger partial charge in [-0.25, -0.2) is 0 Å². The summed E-state index contributed by atoms with van der Waals surface area (Å²) in [4.78, 5) is 24.7. The third kappa shape index (κ3) is 4.29. The Labute approximate surface area is 109 Å². The summed E-state index contributed by atoms with van der Waals surface area (Å²) in [5.74, 6) is -0.119. The molecule has 1 rings (SSSR count). The fourth-order valence-corrected chi connectivity index (χ4v) is 2.45. The zero-order valence-corrected chi connectivity index (χ0v) is 11.7. The number of likely N-dealkylation sites (N-methyl/N-ethyl adjacent to an activating group) is 1. The molecule has 0 spiro atoms. The lowest BCUT2D eigenvalue weighted by Crippen LogP contribution is -2.49. The van der Waals surface area contributed by atoms with Gasteiger partial charge in [0.1, 0.15) is 0 Å².